The molecule has 3 amide bonds. The fourth-order valence-electron chi connectivity index (χ4n) is 3.49. The molecule has 2 heterocycles. The molecule has 1 aliphatic heterocycles. The van der Waals surface area contributed by atoms with E-state index in [9.17, 15) is 22.8 Å². The first-order valence-corrected chi connectivity index (χ1v) is 10.8. The van der Waals surface area contributed by atoms with Crippen LogP contribution in [0.1, 0.15) is 38.4 Å². The second-order valence-electron chi connectivity index (χ2n) is 7.75. The Morgan fingerprint density at radius 3 is 2.59 bits per heavy atom. The van der Waals surface area contributed by atoms with E-state index in [1.54, 1.807) is 0 Å². The van der Waals surface area contributed by atoms with Gasteiger partial charge in [-0.1, -0.05) is 6.92 Å². The van der Waals surface area contributed by atoms with Crippen LogP contribution in [-0.4, -0.2) is 61.7 Å². The Balaban J connectivity index is 1.57. The molecule has 1 aromatic heterocycles. The van der Waals surface area contributed by atoms with Crippen molar-refractivity contribution in [3.05, 3.63) is 17.9 Å². The van der Waals surface area contributed by atoms with Gasteiger partial charge in [0.2, 0.25) is 5.09 Å². The highest BCUT2D eigenvalue weighted by Gasteiger charge is 2.52. The summed E-state index contributed by atoms with van der Waals surface area (Å²) in [5, 5.41) is 2.47. The van der Waals surface area contributed by atoms with E-state index in [4.69, 9.17) is 9.15 Å². The van der Waals surface area contributed by atoms with Crippen LogP contribution in [0.25, 0.3) is 0 Å². The van der Waals surface area contributed by atoms with E-state index < -0.39 is 40.0 Å². The van der Waals surface area contributed by atoms with E-state index in [0.29, 0.717) is 18.8 Å². The summed E-state index contributed by atoms with van der Waals surface area (Å²) in [5.74, 6) is -0.556. The molecule has 1 saturated heterocycles. The van der Waals surface area contributed by atoms with Crippen molar-refractivity contribution in [1.82, 2.24) is 14.5 Å². The van der Waals surface area contributed by atoms with E-state index in [0.717, 1.165) is 22.0 Å². The monoisotopic (exact) mass is 427 g/mol. The standard InChI is InChI=1S/C18H25N3O7S/c1-12-6-8-18(9-7-12)16(23)21(17(24)19-18)10-14(22)27-11-13-4-5-15(28-13)29(25,26)20(2)3/h4-5,12H,6-11H2,1-3H3,(H,19,24). The first-order chi connectivity index (χ1) is 13.5. The SMILES string of the molecule is CC1CCC2(CC1)NC(=O)N(CC(=O)OCc1ccc(S(=O)(=O)N(C)C)o1)C2=O. The lowest BCUT2D eigenvalue weighted by Crippen LogP contribution is -2.49. The molecule has 2 aliphatic rings. The number of sulfonamides is 1. The highest BCUT2D eigenvalue weighted by molar-refractivity contribution is 7.88. The molecule has 1 spiro atoms. The number of carbonyl (C=O) groups excluding carboxylic acids is 3. The van der Waals surface area contributed by atoms with Gasteiger partial charge in [0.25, 0.3) is 15.9 Å². The molecule has 0 aromatic carbocycles. The van der Waals surface area contributed by atoms with Gasteiger partial charge >= 0.3 is 12.0 Å². The van der Waals surface area contributed by atoms with Crippen molar-refractivity contribution in [1.29, 1.82) is 0 Å². The number of esters is 1. The minimum atomic E-state index is -3.73. The fraction of sp³-hybridized carbons (Fsp3) is 0.611. The number of furan rings is 1. The number of amides is 3. The number of urea groups is 1. The lowest BCUT2D eigenvalue weighted by Gasteiger charge is -2.33. The quantitative estimate of drug-likeness (QED) is 0.532. The Kier molecular flexibility index (Phi) is 5.72. The minimum absolute atomic E-state index is 0.133. The van der Waals surface area contributed by atoms with Crippen LogP contribution in [0.5, 0.6) is 0 Å². The Labute approximate surface area is 169 Å². The van der Waals surface area contributed by atoms with E-state index in [2.05, 4.69) is 12.2 Å². The van der Waals surface area contributed by atoms with Crippen LogP contribution in [0, 0.1) is 5.92 Å². The molecule has 1 aliphatic carbocycles. The third kappa shape index (κ3) is 4.15. The number of nitrogens with one attached hydrogen (secondary N) is 1. The molecule has 10 nitrogen and oxygen atoms in total. The normalized spacial score (nSPS) is 25.0. The van der Waals surface area contributed by atoms with Crippen molar-refractivity contribution in [2.75, 3.05) is 20.6 Å². The number of ether oxygens (including phenoxy) is 1. The topological polar surface area (TPSA) is 126 Å². The van der Waals surface area contributed by atoms with Crippen molar-refractivity contribution in [3.8, 4) is 0 Å². The van der Waals surface area contributed by atoms with Crippen molar-refractivity contribution in [2.45, 2.75) is 49.8 Å². The van der Waals surface area contributed by atoms with Gasteiger partial charge in [-0.2, -0.15) is 0 Å². The number of hydrogen-bond donors (Lipinski definition) is 1. The molecule has 0 atom stereocenters. The smallest absolute Gasteiger partial charge is 0.326 e. The molecule has 0 bridgehead atoms. The number of imide groups is 1. The predicted molar refractivity (Wildman–Crippen MR) is 100.0 cm³/mol. The maximum Gasteiger partial charge on any atom is 0.326 e. The van der Waals surface area contributed by atoms with Gasteiger partial charge in [0.05, 0.1) is 0 Å². The molecule has 3 rings (SSSR count). The highest BCUT2D eigenvalue weighted by Crippen LogP contribution is 2.36. The zero-order valence-electron chi connectivity index (χ0n) is 16.6. The van der Waals surface area contributed by atoms with E-state index in [1.165, 1.54) is 26.2 Å². The van der Waals surface area contributed by atoms with Crippen LogP contribution < -0.4 is 5.32 Å². The van der Waals surface area contributed by atoms with E-state index >= 15 is 0 Å². The Morgan fingerprint density at radius 2 is 1.97 bits per heavy atom. The summed E-state index contributed by atoms with van der Waals surface area (Å²) < 4.78 is 35.2. The summed E-state index contributed by atoms with van der Waals surface area (Å²) in [6.07, 6.45) is 2.78. The van der Waals surface area contributed by atoms with Crippen LogP contribution in [0.15, 0.2) is 21.6 Å². The van der Waals surface area contributed by atoms with Crippen LogP contribution in [0.3, 0.4) is 0 Å². The molecule has 1 aromatic rings. The Morgan fingerprint density at radius 1 is 1.31 bits per heavy atom. The summed E-state index contributed by atoms with van der Waals surface area (Å²) in [6.45, 7) is 1.28. The molecular weight excluding hydrogens is 402 g/mol. The highest BCUT2D eigenvalue weighted by atomic mass is 32.2. The fourth-order valence-corrected chi connectivity index (χ4v) is 4.31. The van der Waals surface area contributed by atoms with Gasteiger partial charge in [0, 0.05) is 14.1 Å². The van der Waals surface area contributed by atoms with Gasteiger partial charge in [0.1, 0.15) is 24.5 Å². The molecule has 11 heteroatoms. The maximum absolute atomic E-state index is 12.7. The first-order valence-electron chi connectivity index (χ1n) is 9.36. The van der Waals surface area contributed by atoms with E-state index in [-0.39, 0.29) is 17.5 Å². The van der Waals surface area contributed by atoms with Crippen molar-refractivity contribution < 1.29 is 32.0 Å². The number of hydrogen-bond acceptors (Lipinski definition) is 7. The lowest BCUT2D eigenvalue weighted by molar-refractivity contribution is -0.149. The summed E-state index contributed by atoms with van der Waals surface area (Å²) >= 11 is 0. The summed E-state index contributed by atoms with van der Waals surface area (Å²) in [5.41, 5.74) is -0.916. The lowest BCUT2D eigenvalue weighted by atomic mass is 9.77. The third-order valence-electron chi connectivity index (χ3n) is 5.41. The molecule has 2 fully saturated rings. The van der Waals surface area contributed by atoms with Crippen molar-refractivity contribution >= 4 is 27.9 Å². The van der Waals surface area contributed by atoms with Crippen molar-refractivity contribution in [2.24, 2.45) is 5.92 Å². The second kappa shape index (κ2) is 7.79. The molecule has 0 unspecified atom stereocenters. The number of carbonyl (C=O) groups is 3. The van der Waals surface area contributed by atoms with Gasteiger partial charge in [-0.3, -0.25) is 14.5 Å². The largest absolute Gasteiger partial charge is 0.456 e. The second-order valence-corrected chi connectivity index (χ2v) is 9.84. The summed E-state index contributed by atoms with van der Waals surface area (Å²) in [7, 11) is -0.986. The molecular formula is C18H25N3O7S. The molecule has 160 valence electrons. The zero-order valence-corrected chi connectivity index (χ0v) is 17.5. The zero-order chi connectivity index (χ0) is 21.4. The van der Waals surface area contributed by atoms with Gasteiger partial charge in [-0.05, 0) is 43.7 Å². The van der Waals surface area contributed by atoms with Crippen LogP contribution in [0.4, 0.5) is 4.79 Å². The summed E-state index contributed by atoms with van der Waals surface area (Å²) in [4.78, 5) is 38.0. The molecule has 1 N–H and O–H groups in total. The van der Waals surface area contributed by atoms with Gasteiger partial charge in [-0.25, -0.2) is 17.5 Å². The average Bonchev–Trinajstić information content (AvgIpc) is 3.22. The number of nitrogens with zero attached hydrogens (tertiary/aromatic N) is 2. The van der Waals surface area contributed by atoms with E-state index in [1.807, 2.05) is 0 Å². The maximum atomic E-state index is 12.7. The Bertz CT molecular complexity index is 914. The summed E-state index contributed by atoms with van der Waals surface area (Å²) in [6, 6.07) is 2.05. The molecule has 0 radical (unpaired) electrons. The molecule has 1 saturated carbocycles. The minimum Gasteiger partial charge on any atom is -0.456 e. The van der Waals surface area contributed by atoms with Gasteiger partial charge in [0.15, 0.2) is 0 Å². The number of rotatable bonds is 6. The average molecular weight is 427 g/mol. The Hall–Kier alpha value is -2.40. The first kappa shape index (κ1) is 21.3. The van der Waals surface area contributed by atoms with Crippen LogP contribution in [-0.2, 0) is 31.0 Å². The van der Waals surface area contributed by atoms with Gasteiger partial charge in [-0.15, -0.1) is 0 Å². The van der Waals surface area contributed by atoms with Crippen LogP contribution >= 0.6 is 0 Å². The van der Waals surface area contributed by atoms with Crippen molar-refractivity contribution in [3.63, 3.8) is 0 Å². The molecule has 29 heavy (non-hydrogen) atoms. The predicted octanol–water partition coefficient (Wildman–Crippen LogP) is 1.07. The third-order valence-corrected chi connectivity index (χ3v) is 7.10. The van der Waals surface area contributed by atoms with Gasteiger partial charge < -0.3 is 14.5 Å². The van der Waals surface area contributed by atoms with Crippen LogP contribution in [0.2, 0.25) is 0 Å².